The molecule has 27 heavy (non-hydrogen) atoms. The Balaban J connectivity index is 2.92. The summed E-state index contributed by atoms with van der Waals surface area (Å²) < 4.78 is 5.25. The summed E-state index contributed by atoms with van der Waals surface area (Å²) in [7, 11) is 3.86. The monoisotopic (exact) mass is 371 g/mol. The highest BCUT2D eigenvalue weighted by atomic mass is 16.5. The van der Waals surface area contributed by atoms with Crippen molar-refractivity contribution < 1.29 is 14.3 Å². The van der Waals surface area contributed by atoms with Crippen molar-refractivity contribution in [3.05, 3.63) is 35.4 Å². The van der Waals surface area contributed by atoms with Gasteiger partial charge in [-0.3, -0.25) is 4.79 Å². The SMILES string of the molecule is CC(C)N(C(=O)[C@H](C)OC(=O)/C(C#N)=C/c1ccc(N(C)C)cc1)C(C)C. The molecule has 0 saturated heterocycles. The highest BCUT2D eigenvalue weighted by Crippen LogP contribution is 2.16. The molecule has 0 saturated carbocycles. The molecule has 6 nitrogen and oxygen atoms in total. The van der Waals surface area contributed by atoms with Gasteiger partial charge in [0.1, 0.15) is 11.6 Å². The third kappa shape index (κ3) is 6.14. The standard InChI is InChI=1S/C21H29N3O3/c1-14(2)24(15(3)4)20(25)16(5)27-21(26)18(13-22)12-17-8-10-19(11-9-17)23(6)7/h8-12,14-16H,1-7H3/b18-12+/t16-/m0/s1. The van der Waals surface area contributed by atoms with Crippen molar-refractivity contribution in [3.63, 3.8) is 0 Å². The van der Waals surface area contributed by atoms with Crippen molar-refractivity contribution in [3.8, 4) is 6.07 Å². The molecule has 1 amide bonds. The molecule has 0 aromatic heterocycles. The largest absolute Gasteiger partial charge is 0.448 e. The van der Waals surface area contributed by atoms with E-state index in [0.717, 1.165) is 5.69 Å². The van der Waals surface area contributed by atoms with Crippen LogP contribution in [0, 0.1) is 11.3 Å². The minimum absolute atomic E-state index is 0.0140. The molecule has 0 aliphatic carbocycles. The van der Waals surface area contributed by atoms with Gasteiger partial charge in [-0.1, -0.05) is 12.1 Å². The number of hydrogen-bond donors (Lipinski definition) is 0. The van der Waals surface area contributed by atoms with Crippen LogP contribution < -0.4 is 4.90 Å². The van der Waals surface area contributed by atoms with Crippen LogP contribution in [0.5, 0.6) is 0 Å². The third-order valence-electron chi connectivity index (χ3n) is 4.06. The van der Waals surface area contributed by atoms with E-state index in [9.17, 15) is 14.9 Å². The predicted octanol–water partition coefficient (Wildman–Crippen LogP) is 3.24. The highest BCUT2D eigenvalue weighted by molar-refractivity contribution is 5.99. The fourth-order valence-corrected chi connectivity index (χ4v) is 2.76. The number of carbonyl (C=O) groups excluding carboxylic acids is 2. The molecule has 1 atom stereocenters. The van der Waals surface area contributed by atoms with Gasteiger partial charge in [0, 0.05) is 31.9 Å². The fraction of sp³-hybridized carbons (Fsp3) is 0.476. The van der Waals surface area contributed by atoms with Crippen molar-refractivity contribution in [1.82, 2.24) is 4.90 Å². The number of benzene rings is 1. The minimum Gasteiger partial charge on any atom is -0.448 e. The Morgan fingerprint density at radius 2 is 1.56 bits per heavy atom. The summed E-state index contributed by atoms with van der Waals surface area (Å²) in [6.07, 6.45) is 0.497. The van der Waals surface area contributed by atoms with Gasteiger partial charge in [-0.25, -0.2) is 4.79 Å². The smallest absolute Gasteiger partial charge is 0.349 e. The fourth-order valence-electron chi connectivity index (χ4n) is 2.76. The molecule has 1 aromatic carbocycles. The van der Waals surface area contributed by atoms with E-state index < -0.39 is 12.1 Å². The van der Waals surface area contributed by atoms with E-state index in [0.29, 0.717) is 5.56 Å². The maximum absolute atomic E-state index is 12.6. The quantitative estimate of drug-likeness (QED) is 0.418. The predicted molar refractivity (Wildman–Crippen MR) is 107 cm³/mol. The van der Waals surface area contributed by atoms with Crippen LogP contribution in [0.4, 0.5) is 5.69 Å². The van der Waals surface area contributed by atoms with Crippen molar-refractivity contribution in [2.75, 3.05) is 19.0 Å². The molecule has 0 bridgehead atoms. The number of ether oxygens (including phenoxy) is 1. The second kappa shape index (κ2) is 9.77. The normalized spacial score (nSPS) is 12.5. The van der Waals surface area contributed by atoms with E-state index in [2.05, 4.69) is 0 Å². The molecule has 0 N–H and O–H groups in total. The van der Waals surface area contributed by atoms with E-state index >= 15 is 0 Å². The van der Waals surface area contributed by atoms with Crippen LogP contribution in [0.3, 0.4) is 0 Å². The van der Waals surface area contributed by atoms with E-state index in [4.69, 9.17) is 4.74 Å². The van der Waals surface area contributed by atoms with Gasteiger partial charge in [0.2, 0.25) is 0 Å². The first-order valence-corrected chi connectivity index (χ1v) is 9.00. The molecular formula is C21H29N3O3. The lowest BCUT2D eigenvalue weighted by molar-refractivity contribution is -0.157. The molecule has 1 rings (SSSR count). The molecule has 6 heteroatoms. The summed E-state index contributed by atoms with van der Waals surface area (Å²) in [4.78, 5) is 28.5. The maximum Gasteiger partial charge on any atom is 0.349 e. The van der Waals surface area contributed by atoms with E-state index in [1.165, 1.54) is 13.0 Å². The average Bonchev–Trinajstić information content (AvgIpc) is 2.59. The number of nitrogens with zero attached hydrogens (tertiary/aromatic N) is 3. The molecule has 0 spiro atoms. The Labute approximate surface area is 162 Å². The Bertz CT molecular complexity index is 720. The van der Waals surface area contributed by atoms with Gasteiger partial charge in [0.25, 0.3) is 5.91 Å². The number of hydrogen-bond acceptors (Lipinski definition) is 5. The van der Waals surface area contributed by atoms with Crippen LogP contribution in [0.2, 0.25) is 0 Å². The molecular weight excluding hydrogens is 342 g/mol. The van der Waals surface area contributed by atoms with Gasteiger partial charge in [0.15, 0.2) is 6.10 Å². The van der Waals surface area contributed by atoms with Gasteiger partial charge in [-0.05, 0) is 58.4 Å². The zero-order chi connectivity index (χ0) is 20.7. The topological polar surface area (TPSA) is 73.6 Å². The van der Waals surface area contributed by atoms with Crippen molar-refractivity contribution in [2.45, 2.75) is 52.8 Å². The molecule has 0 aliphatic heterocycles. The van der Waals surface area contributed by atoms with E-state index in [1.807, 2.05) is 77.0 Å². The zero-order valence-corrected chi connectivity index (χ0v) is 17.2. The lowest BCUT2D eigenvalue weighted by Gasteiger charge is -2.32. The number of nitriles is 1. The number of carbonyl (C=O) groups is 2. The number of amides is 1. The van der Waals surface area contributed by atoms with Crippen LogP contribution in [0.25, 0.3) is 6.08 Å². The van der Waals surface area contributed by atoms with Crippen molar-refractivity contribution in [1.29, 1.82) is 5.26 Å². The number of rotatable bonds is 7. The Morgan fingerprint density at radius 1 is 1.04 bits per heavy atom. The van der Waals surface area contributed by atoms with Crippen molar-refractivity contribution in [2.24, 2.45) is 0 Å². The third-order valence-corrected chi connectivity index (χ3v) is 4.06. The van der Waals surface area contributed by atoms with Crippen molar-refractivity contribution >= 4 is 23.6 Å². The maximum atomic E-state index is 12.6. The second-order valence-corrected chi connectivity index (χ2v) is 7.14. The Kier molecular flexibility index (Phi) is 8.04. The molecule has 1 aromatic rings. The molecule has 0 fully saturated rings. The average molecular weight is 371 g/mol. The van der Waals surface area contributed by atoms with Crippen LogP contribution in [-0.2, 0) is 14.3 Å². The summed E-state index contributed by atoms with van der Waals surface area (Å²) >= 11 is 0. The molecule has 0 heterocycles. The summed E-state index contributed by atoms with van der Waals surface area (Å²) in [6, 6.07) is 9.24. The Hall–Kier alpha value is -2.81. The summed E-state index contributed by atoms with van der Waals surface area (Å²) in [5, 5.41) is 9.32. The lowest BCUT2D eigenvalue weighted by atomic mass is 10.1. The molecule has 0 radical (unpaired) electrons. The van der Waals surface area contributed by atoms with Crippen LogP contribution in [-0.4, -0.2) is 49.1 Å². The molecule has 0 unspecified atom stereocenters. The molecule has 146 valence electrons. The van der Waals surface area contributed by atoms with Gasteiger partial charge in [-0.2, -0.15) is 5.26 Å². The van der Waals surface area contributed by atoms with Crippen LogP contribution in [0.15, 0.2) is 29.8 Å². The van der Waals surface area contributed by atoms with Gasteiger partial charge < -0.3 is 14.5 Å². The number of anilines is 1. The van der Waals surface area contributed by atoms with E-state index in [1.54, 1.807) is 4.90 Å². The molecule has 0 aliphatic rings. The summed E-state index contributed by atoms with van der Waals surface area (Å²) in [6.45, 7) is 9.16. The minimum atomic E-state index is -0.963. The van der Waals surface area contributed by atoms with Gasteiger partial charge in [-0.15, -0.1) is 0 Å². The summed E-state index contributed by atoms with van der Waals surface area (Å²) in [5.41, 5.74) is 1.57. The van der Waals surface area contributed by atoms with Gasteiger partial charge in [0.05, 0.1) is 0 Å². The second-order valence-electron chi connectivity index (χ2n) is 7.14. The number of esters is 1. The van der Waals surface area contributed by atoms with Crippen LogP contribution in [0.1, 0.15) is 40.2 Å². The highest BCUT2D eigenvalue weighted by Gasteiger charge is 2.28. The van der Waals surface area contributed by atoms with E-state index in [-0.39, 0.29) is 23.6 Å². The zero-order valence-electron chi connectivity index (χ0n) is 17.2. The first kappa shape index (κ1) is 22.2. The first-order chi connectivity index (χ1) is 12.6. The summed E-state index contributed by atoms with van der Waals surface area (Å²) in [5.74, 6) is -1.08. The van der Waals surface area contributed by atoms with Gasteiger partial charge >= 0.3 is 5.97 Å². The van der Waals surface area contributed by atoms with Crippen LogP contribution >= 0.6 is 0 Å². The first-order valence-electron chi connectivity index (χ1n) is 9.00. The Morgan fingerprint density at radius 3 is 1.96 bits per heavy atom. The lowest BCUT2D eigenvalue weighted by Crippen LogP contribution is -2.47.